The van der Waals surface area contributed by atoms with Crippen LogP contribution in [-0.2, 0) is 40.5 Å². The molecule has 0 aliphatic carbocycles. The van der Waals surface area contributed by atoms with Crippen LogP contribution >= 0.6 is 0 Å². The van der Waals surface area contributed by atoms with Crippen molar-refractivity contribution in [3.05, 3.63) is 6.07 Å². The summed E-state index contributed by atoms with van der Waals surface area (Å²) in [6.07, 6.45) is 0. The van der Waals surface area contributed by atoms with E-state index in [0.717, 1.165) is 0 Å². The lowest BCUT2D eigenvalue weighted by Gasteiger charge is -2.09. The number of H-pyrrole nitrogens is 1. The average Bonchev–Trinajstić information content (AvgIpc) is 2.75. The lowest BCUT2D eigenvalue weighted by atomic mass is 10.3. The maximum absolute atomic E-state index is 11.5. The fourth-order valence-electron chi connectivity index (χ4n) is 1.86. The molecule has 1 heterocycles. The predicted octanol–water partition coefficient (Wildman–Crippen LogP) is -1.45. The van der Waals surface area contributed by atoms with Crippen molar-refractivity contribution >= 4 is 51.5 Å². The van der Waals surface area contributed by atoms with Gasteiger partial charge in [0.1, 0.15) is 20.2 Å². The Morgan fingerprint density at radius 1 is 0.720 bits per heavy atom. The molecule has 0 amide bonds. The van der Waals surface area contributed by atoms with Crippen LogP contribution in [0.4, 0.5) is 0 Å². The molecule has 0 fully saturated rings. The standard InChI is InChI=1S/C7H6N2O12S4/c10-22(11,12)3-1-2-4(9-7(8-2)25(19,20)21)6(24(16,17)18)5(3)23(13,14)15/h1H,(H,8,9)(H,10,11,12)(H,13,14,15)(H,16,17,18)(H,19,20,21). The first-order valence-electron chi connectivity index (χ1n) is 5.40. The highest BCUT2D eigenvalue weighted by molar-refractivity contribution is 7.90. The quantitative estimate of drug-likeness (QED) is 0.343. The van der Waals surface area contributed by atoms with Gasteiger partial charge in [-0.05, 0) is 6.07 Å². The molecule has 0 saturated carbocycles. The Morgan fingerprint density at radius 2 is 1.20 bits per heavy atom. The van der Waals surface area contributed by atoms with Crippen LogP contribution in [0, 0.1) is 0 Å². The number of nitrogens with zero attached hydrogens (tertiary/aromatic N) is 1. The zero-order chi connectivity index (χ0) is 19.6. The fourth-order valence-corrected chi connectivity index (χ4v) is 5.62. The van der Waals surface area contributed by atoms with Gasteiger partial charge in [0.2, 0.25) is 0 Å². The van der Waals surface area contributed by atoms with E-state index in [2.05, 4.69) is 4.98 Å². The Bertz CT molecular complexity index is 1310. The van der Waals surface area contributed by atoms with Gasteiger partial charge in [-0.25, -0.2) is 4.98 Å². The summed E-state index contributed by atoms with van der Waals surface area (Å²) in [4.78, 5) is -0.656. The first-order chi connectivity index (χ1) is 10.9. The average molecular weight is 438 g/mol. The highest BCUT2D eigenvalue weighted by Gasteiger charge is 2.36. The summed E-state index contributed by atoms with van der Waals surface area (Å²) in [6.45, 7) is 0. The highest BCUT2D eigenvalue weighted by atomic mass is 32.2. The second kappa shape index (κ2) is 5.41. The van der Waals surface area contributed by atoms with Crippen LogP contribution < -0.4 is 0 Å². The number of benzene rings is 1. The molecule has 0 atom stereocenters. The third kappa shape index (κ3) is 3.64. The third-order valence-corrected chi connectivity index (χ3v) is 6.34. The zero-order valence-electron chi connectivity index (χ0n) is 11.2. The molecule has 0 saturated heterocycles. The van der Waals surface area contributed by atoms with Crippen LogP contribution in [0.3, 0.4) is 0 Å². The van der Waals surface area contributed by atoms with Gasteiger partial charge in [-0.2, -0.15) is 33.7 Å². The van der Waals surface area contributed by atoms with Crippen LogP contribution in [0.5, 0.6) is 0 Å². The number of hydrogen-bond acceptors (Lipinski definition) is 9. The van der Waals surface area contributed by atoms with Crippen LogP contribution in [0.2, 0.25) is 0 Å². The highest BCUT2D eigenvalue weighted by Crippen LogP contribution is 2.34. The summed E-state index contributed by atoms with van der Waals surface area (Å²) in [5, 5.41) is -1.33. The summed E-state index contributed by atoms with van der Waals surface area (Å²) in [5.74, 6) is 0. The van der Waals surface area contributed by atoms with E-state index in [1.165, 1.54) is 0 Å². The SMILES string of the molecule is O=S(=O)(O)c1nc2c(S(=O)(=O)O)c(S(=O)(=O)O)c(S(=O)(=O)O)cc2[nH]1. The number of aromatic amines is 1. The van der Waals surface area contributed by atoms with Crippen molar-refractivity contribution in [2.75, 3.05) is 0 Å². The van der Waals surface area contributed by atoms with Gasteiger partial charge < -0.3 is 4.98 Å². The van der Waals surface area contributed by atoms with Crippen LogP contribution in [-0.4, -0.2) is 61.9 Å². The number of aromatic nitrogens is 2. The molecule has 14 nitrogen and oxygen atoms in total. The van der Waals surface area contributed by atoms with Crippen molar-refractivity contribution in [2.45, 2.75) is 19.8 Å². The molecule has 0 unspecified atom stereocenters. The first-order valence-corrected chi connectivity index (χ1v) is 11.2. The molecular weight excluding hydrogens is 432 g/mol. The van der Waals surface area contributed by atoms with Gasteiger partial charge in [0, 0.05) is 0 Å². The summed E-state index contributed by atoms with van der Waals surface area (Å²) < 4.78 is 127. The number of rotatable bonds is 4. The normalized spacial score (nSPS) is 14.1. The van der Waals surface area contributed by atoms with Crippen molar-refractivity contribution < 1.29 is 51.9 Å². The molecular formula is C7H6N2O12S4. The molecule has 0 bridgehead atoms. The molecule has 0 radical (unpaired) electrons. The van der Waals surface area contributed by atoms with E-state index in [1.54, 1.807) is 4.98 Å². The first kappa shape index (κ1) is 19.7. The second-order valence-corrected chi connectivity index (χ2v) is 9.81. The van der Waals surface area contributed by atoms with Crippen LogP contribution in [0.1, 0.15) is 0 Å². The van der Waals surface area contributed by atoms with Crippen molar-refractivity contribution in [1.82, 2.24) is 9.97 Å². The lowest BCUT2D eigenvalue weighted by molar-refractivity contribution is 0.457. The third-order valence-electron chi connectivity index (χ3n) is 2.67. The smallest absolute Gasteiger partial charge is 0.327 e. The predicted molar refractivity (Wildman–Crippen MR) is 75.4 cm³/mol. The van der Waals surface area contributed by atoms with Crippen molar-refractivity contribution in [3.8, 4) is 0 Å². The molecule has 2 aromatic rings. The summed E-state index contributed by atoms with van der Waals surface area (Å²) in [7, 11) is -21.9. The van der Waals surface area contributed by atoms with E-state index in [4.69, 9.17) is 13.7 Å². The molecule has 25 heavy (non-hydrogen) atoms. The summed E-state index contributed by atoms with van der Waals surface area (Å²) >= 11 is 0. The van der Waals surface area contributed by atoms with Crippen molar-refractivity contribution in [2.24, 2.45) is 0 Å². The van der Waals surface area contributed by atoms with Gasteiger partial charge in [0.25, 0.3) is 35.5 Å². The van der Waals surface area contributed by atoms with Gasteiger partial charge in [0.05, 0.1) is 5.52 Å². The minimum Gasteiger partial charge on any atom is -0.327 e. The molecule has 0 spiro atoms. The minimum absolute atomic E-state index is 0.226. The van der Waals surface area contributed by atoms with Crippen LogP contribution in [0.25, 0.3) is 11.0 Å². The van der Waals surface area contributed by atoms with Gasteiger partial charge in [-0.1, -0.05) is 0 Å². The number of fused-ring (bicyclic) bond motifs is 1. The number of hydrogen-bond donors (Lipinski definition) is 5. The van der Waals surface area contributed by atoms with Gasteiger partial charge in [0.15, 0.2) is 0 Å². The van der Waals surface area contributed by atoms with E-state index in [1.807, 2.05) is 0 Å². The largest absolute Gasteiger partial charge is 0.328 e. The Kier molecular flexibility index (Phi) is 4.25. The lowest BCUT2D eigenvalue weighted by Crippen LogP contribution is -2.15. The molecule has 2 rings (SSSR count). The Balaban J connectivity index is 3.33. The second-order valence-electron chi connectivity index (χ2n) is 4.37. The minimum atomic E-state index is -5.69. The van der Waals surface area contributed by atoms with Gasteiger partial charge >= 0.3 is 10.1 Å². The molecule has 1 aromatic heterocycles. The van der Waals surface area contributed by atoms with Crippen molar-refractivity contribution in [1.29, 1.82) is 0 Å². The van der Waals surface area contributed by atoms with E-state index >= 15 is 0 Å². The summed E-state index contributed by atoms with van der Waals surface area (Å²) in [5.41, 5.74) is -1.96. The maximum Gasteiger partial charge on any atom is 0.328 e. The molecule has 0 aliphatic rings. The number of nitrogens with one attached hydrogen (secondary N) is 1. The monoisotopic (exact) mass is 438 g/mol. The molecule has 5 N–H and O–H groups in total. The Morgan fingerprint density at radius 3 is 1.56 bits per heavy atom. The van der Waals surface area contributed by atoms with Crippen molar-refractivity contribution in [3.63, 3.8) is 0 Å². The van der Waals surface area contributed by atoms with E-state index in [-0.39, 0.29) is 6.07 Å². The topological polar surface area (TPSA) is 246 Å². The van der Waals surface area contributed by atoms with E-state index in [9.17, 15) is 38.2 Å². The molecule has 1 aromatic carbocycles. The molecule has 140 valence electrons. The molecule has 0 aliphatic heterocycles. The Labute approximate surface area is 139 Å². The van der Waals surface area contributed by atoms with Crippen LogP contribution in [0.15, 0.2) is 25.9 Å². The number of imidazole rings is 1. The Hall–Kier alpha value is -1.67. The van der Waals surface area contributed by atoms with Gasteiger partial charge in [-0.3, -0.25) is 18.2 Å². The fraction of sp³-hybridized carbons (Fsp3) is 0. The van der Waals surface area contributed by atoms with Gasteiger partial charge in [-0.15, -0.1) is 0 Å². The maximum atomic E-state index is 11.5. The molecule has 18 heteroatoms. The zero-order valence-corrected chi connectivity index (χ0v) is 14.5. The van der Waals surface area contributed by atoms with E-state index < -0.39 is 71.3 Å². The van der Waals surface area contributed by atoms with E-state index in [0.29, 0.717) is 0 Å². The summed E-state index contributed by atoms with van der Waals surface area (Å²) in [6, 6.07) is 0.226.